The molecule has 0 atom stereocenters. The number of fused-ring (bicyclic) bond motifs is 1. The minimum atomic E-state index is -0.259. The smallest absolute Gasteiger partial charge is 0.227 e. The van der Waals surface area contributed by atoms with Crippen LogP contribution in [0.5, 0.6) is 0 Å². The molecule has 21 heavy (non-hydrogen) atoms. The van der Waals surface area contributed by atoms with Crippen LogP contribution in [0.25, 0.3) is 10.9 Å². The van der Waals surface area contributed by atoms with E-state index in [9.17, 15) is 4.79 Å². The zero-order valence-corrected chi connectivity index (χ0v) is 13.4. The minimum Gasteiger partial charge on any atom is -0.378 e. The van der Waals surface area contributed by atoms with Crippen molar-refractivity contribution in [1.29, 1.82) is 0 Å². The van der Waals surface area contributed by atoms with Crippen molar-refractivity contribution in [3.63, 3.8) is 0 Å². The number of amides is 1. The van der Waals surface area contributed by atoms with Crippen LogP contribution in [-0.2, 0) is 9.53 Å². The summed E-state index contributed by atoms with van der Waals surface area (Å²) in [5.41, 5.74) is 1.29. The average molecular weight is 349 g/mol. The number of hydrogen-bond donors (Lipinski definition) is 1. The fourth-order valence-corrected chi connectivity index (χ4v) is 3.10. The maximum absolute atomic E-state index is 12.3. The molecule has 0 spiro atoms. The van der Waals surface area contributed by atoms with E-state index in [1.807, 2.05) is 24.3 Å². The summed E-state index contributed by atoms with van der Waals surface area (Å²) in [6.45, 7) is 0. The molecule has 1 heterocycles. The highest BCUT2D eigenvalue weighted by Crippen LogP contribution is 2.38. The molecule has 1 aliphatic carbocycles. The van der Waals surface area contributed by atoms with Crippen LogP contribution in [0.1, 0.15) is 25.7 Å². The summed E-state index contributed by atoms with van der Waals surface area (Å²) in [7, 11) is 1.68. The van der Waals surface area contributed by atoms with Gasteiger partial charge in [-0.15, -0.1) is 0 Å². The van der Waals surface area contributed by atoms with Crippen molar-refractivity contribution in [2.45, 2.75) is 31.3 Å². The van der Waals surface area contributed by atoms with Crippen LogP contribution < -0.4 is 5.32 Å². The quantitative estimate of drug-likeness (QED) is 0.911. The van der Waals surface area contributed by atoms with Gasteiger partial charge in [0.05, 0.1) is 23.2 Å². The van der Waals surface area contributed by atoms with E-state index in [-0.39, 0.29) is 11.5 Å². The summed E-state index contributed by atoms with van der Waals surface area (Å²) in [5.74, 6) is -0.0197. The highest BCUT2D eigenvalue weighted by atomic mass is 79.9. The van der Waals surface area contributed by atoms with E-state index in [0.29, 0.717) is 6.42 Å². The van der Waals surface area contributed by atoms with Crippen LogP contribution in [0.2, 0.25) is 0 Å². The van der Waals surface area contributed by atoms with Gasteiger partial charge in [-0.25, -0.2) is 0 Å². The Morgan fingerprint density at radius 1 is 1.48 bits per heavy atom. The van der Waals surface area contributed by atoms with Crippen LogP contribution in [-0.4, -0.2) is 23.6 Å². The van der Waals surface area contributed by atoms with E-state index in [2.05, 4.69) is 26.2 Å². The maximum Gasteiger partial charge on any atom is 0.227 e. The molecule has 1 aromatic carbocycles. The van der Waals surface area contributed by atoms with Gasteiger partial charge in [0, 0.05) is 23.2 Å². The first kappa shape index (κ1) is 14.5. The molecule has 2 aromatic rings. The molecular weight excluding hydrogens is 332 g/mol. The van der Waals surface area contributed by atoms with Crippen molar-refractivity contribution in [2.24, 2.45) is 0 Å². The van der Waals surface area contributed by atoms with E-state index in [0.717, 1.165) is 40.3 Å². The first-order valence-electron chi connectivity index (χ1n) is 7.01. The van der Waals surface area contributed by atoms with Gasteiger partial charge in [0.1, 0.15) is 0 Å². The molecule has 110 valence electrons. The second-order valence-corrected chi connectivity index (χ2v) is 6.41. The summed E-state index contributed by atoms with van der Waals surface area (Å²) >= 11 is 3.41. The zero-order valence-electron chi connectivity index (χ0n) is 11.9. The highest BCUT2D eigenvalue weighted by molar-refractivity contribution is 9.10. The predicted octanol–water partition coefficient (Wildman–Crippen LogP) is 3.90. The third-order valence-corrected chi connectivity index (χ3v) is 4.57. The molecule has 0 aliphatic heterocycles. The molecule has 0 unspecified atom stereocenters. The van der Waals surface area contributed by atoms with Gasteiger partial charge in [-0.2, -0.15) is 0 Å². The fraction of sp³-hybridized carbons (Fsp3) is 0.375. The van der Waals surface area contributed by atoms with Crippen molar-refractivity contribution >= 4 is 38.4 Å². The summed E-state index contributed by atoms with van der Waals surface area (Å²) in [5, 5.41) is 3.96. The minimum absolute atomic E-state index is 0.0197. The van der Waals surface area contributed by atoms with E-state index in [4.69, 9.17) is 4.74 Å². The van der Waals surface area contributed by atoms with Crippen LogP contribution in [0.3, 0.4) is 0 Å². The average Bonchev–Trinajstić information content (AvgIpc) is 2.43. The van der Waals surface area contributed by atoms with Crippen LogP contribution in [0.4, 0.5) is 5.69 Å². The summed E-state index contributed by atoms with van der Waals surface area (Å²) in [6, 6.07) is 7.76. The van der Waals surface area contributed by atoms with Crippen molar-refractivity contribution in [3.05, 3.63) is 34.9 Å². The highest BCUT2D eigenvalue weighted by Gasteiger charge is 2.39. The van der Waals surface area contributed by atoms with Gasteiger partial charge in [0.2, 0.25) is 5.91 Å². The Morgan fingerprint density at radius 3 is 2.95 bits per heavy atom. The number of carbonyl (C=O) groups excluding carboxylic acids is 1. The van der Waals surface area contributed by atoms with E-state index >= 15 is 0 Å². The first-order valence-corrected chi connectivity index (χ1v) is 7.80. The molecule has 3 rings (SSSR count). The van der Waals surface area contributed by atoms with Crippen LogP contribution in [0, 0.1) is 0 Å². The summed E-state index contributed by atoms with van der Waals surface area (Å²) in [6.07, 6.45) is 5.18. The maximum atomic E-state index is 12.3. The second kappa shape index (κ2) is 5.73. The standard InChI is InChI=1S/C16H17BrN2O2/c1-21-16(6-3-7-16)9-14(20)19-13-5-2-4-11-8-12(17)10-18-15(11)13/h2,4-5,8,10H,3,6-7,9H2,1H3,(H,19,20). The number of rotatable bonds is 4. The topological polar surface area (TPSA) is 51.2 Å². The lowest BCUT2D eigenvalue weighted by atomic mass is 9.77. The lowest BCUT2D eigenvalue weighted by Crippen LogP contribution is -2.42. The molecule has 5 heteroatoms. The molecule has 1 aromatic heterocycles. The van der Waals surface area contributed by atoms with Gasteiger partial charge < -0.3 is 10.1 Å². The van der Waals surface area contributed by atoms with E-state index in [1.54, 1.807) is 13.3 Å². The molecule has 1 aliphatic rings. The molecule has 1 saturated carbocycles. The Hall–Kier alpha value is -1.46. The monoisotopic (exact) mass is 348 g/mol. The lowest BCUT2D eigenvalue weighted by Gasteiger charge is -2.39. The van der Waals surface area contributed by atoms with Gasteiger partial charge in [-0.05, 0) is 47.3 Å². The number of halogens is 1. The molecule has 0 bridgehead atoms. The van der Waals surface area contributed by atoms with Crippen LogP contribution in [0.15, 0.2) is 34.9 Å². The molecule has 4 nitrogen and oxygen atoms in total. The third-order valence-electron chi connectivity index (χ3n) is 4.13. The number of nitrogens with zero attached hydrogens (tertiary/aromatic N) is 1. The first-order chi connectivity index (χ1) is 10.1. The molecule has 1 fully saturated rings. The van der Waals surface area contributed by atoms with E-state index < -0.39 is 0 Å². The number of ether oxygens (including phenoxy) is 1. The Balaban J connectivity index is 1.80. The van der Waals surface area contributed by atoms with Crippen molar-refractivity contribution in [1.82, 2.24) is 4.98 Å². The Bertz CT molecular complexity index is 678. The van der Waals surface area contributed by atoms with E-state index in [1.165, 1.54) is 0 Å². The zero-order chi connectivity index (χ0) is 14.9. The predicted molar refractivity (Wildman–Crippen MR) is 86.3 cm³/mol. The number of nitrogens with one attached hydrogen (secondary N) is 1. The molecule has 1 amide bonds. The SMILES string of the molecule is COC1(CC(=O)Nc2cccc3cc(Br)cnc23)CCC1. The number of benzene rings is 1. The number of carbonyl (C=O) groups is 1. The largest absolute Gasteiger partial charge is 0.378 e. The van der Waals surface area contributed by atoms with Gasteiger partial charge >= 0.3 is 0 Å². The molecule has 0 radical (unpaired) electrons. The molecule has 1 N–H and O–H groups in total. The molecular formula is C16H17BrN2O2. The summed E-state index contributed by atoms with van der Waals surface area (Å²) in [4.78, 5) is 16.7. The normalized spacial score (nSPS) is 16.5. The number of aromatic nitrogens is 1. The van der Waals surface area contributed by atoms with Gasteiger partial charge in [0.25, 0.3) is 0 Å². The van der Waals surface area contributed by atoms with Gasteiger partial charge in [-0.3, -0.25) is 9.78 Å². The Kier molecular flexibility index (Phi) is 3.95. The second-order valence-electron chi connectivity index (χ2n) is 5.50. The van der Waals surface area contributed by atoms with Crippen molar-refractivity contribution in [3.8, 4) is 0 Å². The number of para-hydroxylation sites is 1. The third kappa shape index (κ3) is 2.94. The van der Waals surface area contributed by atoms with Crippen molar-refractivity contribution < 1.29 is 9.53 Å². The number of methoxy groups -OCH3 is 1. The Labute approximate surface area is 132 Å². The van der Waals surface area contributed by atoms with Gasteiger partial charge in [-0.1, -0.05) is 12.1 Å². The fourth-order valence-electron chi connectivity index (χ4n) is 2.75. The molecule has 0 saturated heterocycles. The number of pyridine rings is 1. The van der Waals surface area contributed by atoms with Gasteiger partial charge in [0.15, 0.2) is 0 Å². The van der Waals surface area contributed by atoms with Crippen LogP contribution >= 0.6 is 15.9 Å². The van der Waals surface area contributed by atoms with Crippen molar-refractivity contribution in [2.75, 3.05) is 12.4 Å². The number of hydrogen-bond acceptors (Lipinski definition) is 3. The Morgan fingerprint density at radius 2 is 2.29 bits per heavy atom. The summed E-state index contributed by atoms with van der Waals surface area (Å²) < 4.78 is 6.43. The number of anilines is 1. The lowest BCUT2D eigenvalue weighted by molar-refractivity contribution is -0.129.